The van der Waals surface area contributed by atoms with Crippen LogP contribution in [0.2, 0.25) is 0 Å². The molecule has 0 atom stereocenters. The van der Waals surface area contributed by atoms with Gasteiger partial charge in [0.05, 0.1) is 24.0 Å². The van der Waals surface area contributed by atoms with Crippen molar-refractivity contribution in [3.8, 4) is 17.5 Å². The minimum Gasteiger partial charge on any atom is -0.495 e. The monoisotopic (exact) mass is 424 g/mol. The highest BCUT2D eigenvalue weighted by molar-refractivity contribution is 7.98. The number of rotatable bonds is 5. The molecule has 0 saturated carbocycles. The van der Waals surface area contributed by atoms with Gasteiger partial charge in [0.15, 0.2) is 0 Å². The molecule has 0 aliphatic heterocycles. The van der Waals surface area contributed by atoms with Crippen molar-refractivity contribution in [2.75, 3.05) is 24.4 Å². The second-order valence-corrected chi connectivity index (χ2v) is 6.87. The van der Waals surface area contributed by atoms with Crippen molar-refractivity contribution in [1.29, 1.82) is 5.26 Å². The molecule has 0 spiro atoms. The van der Waals surface area contributed by atoms with E-state index in [9.17, 15) is 19.2 Å². The minimum absolute atomic E-state index is 0.0334. The molecule has 3 aromatic rings. The van der Waals surface area contributed by atoms with E-state index < -0.39 is 17.3 Å². The summed E-state index contributed by atoms with van der Waals surface area (Å²) < 4.78 is 19.6. The van der Waals surface area contributed by atoms with E-state index in [0.29, 0.717) is 11.4 Å². The van der Waals surface area contributed by atoms with Gasteiger partial charge in [-0.25, -0.2) is 4.39 Å². The third-order valence-electron chi connectivity index (χ3n) is 4.35. The number of para-hydroxylation sites is 2. The van der Waals surface area contributed by atoms with Crippen LogP contribution in [0.25, 0.3) is 5.69 Å². The van der Waals surface area contributed by atoms with E-state index in [-0.39, 0.29) is 27.5 Å². The lowest BCUT2D eigenvalue weighted by molar-refractivity contribution is 0.102. The van der Waals surface area contributed by atoms with Crippen molar-refractivity contribution in [2.24, 2.45) is 0 Å². The Morgan fingerprint density at radius 3 is 2.50 bits per heavy atom. The molecule has 7 nitrogen and oxygen atoms in total. The van der Waals surface area contributed by atoms with Crippen molar-refractivity contribution < 1.29 is 13.9 Å². The van der Waals surface area contributed by atoms with Crippen molar-refractivity contribution in [3.05, 3.63) is 75.8 Å². The van der Waals surface area contributed by atoms with Gasteiger partial charge in [-0.1, -0.05) is 12.1 Å². The Labute approximate surface area is 175 Å². The molecule has 1 heterocycles. The molecule has 0 unspecified atom stereocenters. The van der Waals surface area contributed by atoms with E-state index in [1.807, 2.05) is 6.07 Å². The number of amides is 1. The highest BCUT2D eigenvalue weighted by Gasteiger charge is 2.26. The summed E-state index contributed by atoms with van der Waals surface area (Å²) in [5.41, 5.74) is 5.90. The first-order chi connectivity index (χ1) is 14.4. The van der Waals surface area contributed by atoms with Gasteiger partial charge in [0.25, 0.3) is 11.5 Å². The number of carbonyl (C=O) groups excluding carboxylic acids is 1. The quantitative estimate of drug-likeness (QED) is 0.608. The van der Waals surface area contributed by atoms with Crippen molar-refractivity contribution in [2.45, 2.75) is 4.90 Å². The summed E-state index contributed by atoms with van der Waals surface area (Å²) in [4.78, 5) is 26.2. The van der Waals surface area contributed by atoms with Crippen LogP contribution < -0.4 is 21.3 Å². The van der Waals surface area contributed by atoms with Crippen molar-refractivity contribution in [1.82, 2.24) is 4.57 Å². The van der Waals surface area contributed by atoms with Gasteiger partial charge in [0.2, 0.25) is 0 Å². The number of carbonyl (C=O) groups is 1. The van der Waals surface area contributed by atoms with Gasteiger partial charge in [-0.15, -0.1) is 11.8 Å². The van der Waals surface area contributed by atoms with Gasteiger partial charge in [-0.3, -0.25) is 14.2 Å². The van der Waals surface area contributed by atoms with Gasteiger partial charge >= 0.3 is 0 Å². The number of nitrogens with zero attached hydrogens (tertiary/aromatic N) is 2. The highest BCUT2D eigenvalue weighted by Crippen LogP contribution is 2.31. The SMILES string of the molecule is COc1ccccc1NC(=O)c1c(SC)c(C#N)c(=O)n(-c2ccc(F)cc2)c1N. The van der Waals surface area contributed by atoms with Gasteiger partial charge < -0.3 is 15.8 Å². The van der Waals surface area contributed by atoms with Gasteiger partial charge in [0.1, 0.15) is 29.0 Å². The number of halogens is 1. The van der Waals surface area contributed by atoms with Crippen molar-refractivity contribution >= 4 is 29.2 Å². The summed E-state index contributed by atoms with van der Waals surface area (Å²) in [6.07, 6.45) is 1.64. The fraction of sp³-hybridized carbons (Fsp3) is 0.0952. The second kappa shape index (κ2) is 8.71. The Morgan fingerprint density at radius 1 is 1.23 bits per heavy atom. The maximum Gasteiger partial charge on any atom is 0.275 e. The third-order valence-corrected chi connectivity index (χ3v) is 5.17. The molecule has 0 fully saturated rings. The Balaban J connectivity index is 2.24. The van der Waals surface area contributed by atoms with Crippen LogP contribution in [0.5, 0.6) is 5.75 Å². The number of benzene rings is 2. The zero-order valence-corrected chi connectivity index (χ0v) is 16.9. The van der Waals surface area contributed by atoms with Crippen LogP contribution in [0.1, 0.15) is 15.9 Å². The molecule has 0 aliphatic rings. The molecule has 1 amide bonds. The number of nitriles is 1. The van der Waals surface area contributed by atoms with E-state index in [1.165, 1.54) is 19.2 Å². The number of ether oxygens (including phenoxy) is 1. The molecular weight excluding hydrogens is 407 g/mol. The molecule has 1 aromatic heterocycles. The lowest BCUT2D eigenvalue weighted by Gasteiger charge is -2.18. The van der Waals surface area contributed by atoms with E-state index >= 15 is 0 Å². The van der Waals surface area contributed by atoms with Crippen molar-refractivity contribution in [3.63, 3.8) is 0 Å². The fourth-order valence-electron chi connectivity index (χ4n) is 2.97. The van der Waals surface area contributed by atoms with E-state index in [2.05, 4.69) is 5.32 Å². The predicted molar refractivity (Wildman–Crippen MR) is 114 cm³/mol. The molecule has 0 radical (unpaired) electrons. The Morgan fingerprint density at radius 2 is 1.90 bits per heavy atom. The molecule has 3 N–H and O–H groups in total. The zero-order valence-electron chi connectivity index (χ0n) is 16.1. The second-order valence-electron chi connectivity index (χ2n) is 6.05. The van der Waals surface area contributed by atoms with E-state index in [4.69, 9.17) is 10.5 Å². The van der Waals surface area contributed by atoms with Gasteiger partial charge in [-0.05, 0) is 42.7 Å². The standard InChI is InChI=1S/C21H17FN4O3S/c1-29-16-6-4-3-5-15(16)25-20(27)17-18(30-2)14(11-23)21(28)26(19(17)24)13-9-7-12(22)8-10-13/h3-10H,24H2,1-2H3,(H,25,27). The summed E-state index contributed by atoms with van der Waals surface area (Å²) in [7, 11) is 1.47. The maximum atomic E-state index is 13.3. The number of anilines is 2. The number of nitrogen functional groups attached to an aromatic ring is 1. The van der Waals surface area contributed by atoms with Crippen LogP contribution in [0.3, 0.4) is 0 Å². The normalized spacial score (nSPS) is 10.3. The zero-order chi connectivity index (χ0) is 21.8. The topological polar surface area (TPSA) is 110 Å². The van der Waals surface area contributed by atoms with E-state index in [0.717, 1.165) is 28.5 Å². The highest BCUT2D eigenvalue weighted by atomic mass is 32.2. The predicted octanol–water partition coefficient (Wildman–Crippen LogP) is 3.41. The summed E-state index contributed by atoms with van der Waals surface area (Å²) in [5.74, 6) is -0.848. The molecule has 0 saturated heterocycles. The van der Waals surface area contributed by atoms with Crippen LogP contribution >= 0.6 is 11.8 Å². The Hall–Kier alpha value is -3.77. The number of hydrogen-bond acceptors (Lipinski definition) is 6. The third kappa shape index (κ3) is 3.73. The first-order valence-electron chi connectivity index (χ1n) is 8.65. The molecule has 0 aliphatic carbocycles. The first kappa shape index (κ1) is 21.0. The number of pyridine rings is 1. The lowest BCUT2D eigenvalue weighted by atomic mass is 10.1. The molecule has 152 valence electrons. The van der Waals surface area contributed by atoms with Gasteiger partial charge in [0, 0.05) is 4.90 Å². The van der Waals surface area contributed by atoms with Crippen LogP contribution in [-0.4, -0.2) is 23.8 Å². The Bertz CT molecular complexity index is 1220. The summed E-state index contributed by atoms with van der Waals surface area (Å²) in [5, 5.41) is 12.3. The van der Waals surface area contributed by atoms with Crippen LogP contribution in [0.4, 0.5) is 15.9 Å². The number of nitrogens with one attached hydrogen (secondary N) is 1. The number of hydrogen-bond donors (Lipinski definition) is 2. The van der Waals surface area contributed by atoms with Gasteiger partial charge in [-0.2, -0.15) is 5.26 Å². The average molecular weight is 424 g/mol. The molecule has 0 bridgehead atoms. The summed E-state index contributed by atoms with van der Waals surface area (Å²) in [6, 6.07) is 13.6. The molecule has 2 aromatic carbocycles. The fourth-order valence-corrected chi connectivity index (χ4v) is 3.71. The smallest absolute Gasteiger partial charge is 0.275 e. The lowest BCUT2D eigenvalue weighted by Crippen LogP contribution is -2.29. The maximum absolute atomic E-state index is 13.3. The summed E-state index contributed by atoms with van der Waals surface area (Å²) >= 11 is 1.06. The first-order valence-corrected chi connectivity index (χ1v) is 9.88. The number of methoxy groups -OCH3 is 1. The minimum atomic E-state index is -0.695. The molecule has 30 heavy (non-hydrogen) atoms. The average Bonchev–Trinajstić information content (AvgIpc) is 2.74. The molecule has 9 heteroatoms. The molecule has 3 rings (SSSR count). The van der Waals surface area contributed by atoms with Crippen LogP contribution in [-0.2, 0) is 0 Å². The summed E-state index contributed by atoms with van der Waals surface area (Å²) in [6.45, 7) is 0. The van der Waals surface area contributed by atoms with E-state index in [1.54, 1.807) is 30.5 Å². The number of thioether (sulfide) groups is 1. The van der Waals surface area contributed by atoms with Crippen LogP contribution in [0.15, 0.2) is 58.2 Å². The van der Waals surface area contributed by atoms with Crippen LogP contribution in [0, 0.1) is 17.1 Å². The number of nitrogens with two attached hydrogens (primary N) is 1. The Kier molecular flexibility index (Phi) is 6.09. The largest absolute Gasteiger partial charge is 0.495 e. The number of aromatic nitrogens is 1. The molecular formula is C21H17FN4O3S.